The van der Waals surface area contributed by atoms with Crippen molar-refractivity contribution in [2.24, 2.45) is 0 Å². The van der Waals surface area contributed by atoms with Gasteiger partial charge in [-0.2, -0.15) is 0 Å². The monoisotopic (exact) mass is 264 g/mol. The normalized spacial score (nSPS) is 10.3. The van der Waals surface area contributed by atoms with Crippen molar-refractivity contribution in [3.05, 3.63) is 46.7 Å². The Hall–Kier alpha value is -1.81. The van der Waals surface area contributed by atoms with Crippen LogP contribution in [-0.2, 0) is 11.2 Å². The van der Waals surface area contributed by atoms with Gasteiger partial charge in [-0.3, -0.25) is 4.79 Å². The Balaban J connectivity index is 1.87. The van der Waals surface area contributed by atoms with E-state index in [1.54, 1.807) is 13.0 Å². The zero-order valence-corrected chi connectivity index (χ0v) is 10.7. The van der Waals surface area contributed by atoms with Crippen molar-refractivity contribution in [3.8, 4) is 0 Å². The van der Waals surface area contributed by atoms with Crippen molar-refractivity contribution in [1.82, 2.24) is 5.16 Å². The van der Waals surface area contributed by atoms with E-state index in [1.807, 2.05) is 24.3 Å². The predicted octanol–water partition coefficient (Wildman–Crippen LogP) is 3.21. The molecular formula is C13H13ClN2O2. The molecule has 0 radical (unpaired) electrons. The molecule has 0 saturated carbocycles. The zero-order valence-electron chi connectivity index (χ0n) is 9.94. The summed E-state index contributed by atoms with van der Waals surface area (Å²) in [5.41, 5.74) is 0.964. The number of nitrogens with one attached hydrogen (secondary N) is 1. The SMILES string of the molecule is Cc1cc(NC(=O)CCc2ccccc2Cl)no1. The molecule has 0 spiro atoms. The maximum Gasteiger partial charge on any atom is 0.225 e. The Bertz CT molecular complexity index is 551. The summed E-state index contributed by atoms with van der Waals surface area (Å²) in [5, 5.41) is 7.04. The first-order valence-corrected chi connectivity index (χ1v) is 5.99. The molecule has 0 aliphatic rings. The van der Waals surface area contributed by atoms with Gasteiger partial charge in [0, 0.05) is 17.5 Å². The molecule has 5 heteroatoms. The predicted molar refractivity (Wildman–Crippen MR) is 69.6 cm³/mol. The van der Waals surface area contributed by atoms with Gasteiger partial charge in [0.15, 0.2) is 5.82 Å². The van der Waals surface area contributed by atoms with Gasteiger partial charge in [0.2, 0.25) is 5.91 Å². The van der Waals surface area contributed by atoms with Gasteiger partial charge in [0.05, 0.1) is 0 Å². The minimum atomic E-state index is -0.108. The third kappa shape index (κ3) is 3.34. The number of anilines is 1. The number of hydrogen-bond donors (Lipinski definition) is 1. The van der Waals surface area contributed by atoms with Gasteiger partial charge in [0.1, 0.15) is 5.76 Å². The van der Waals surface area contributed by atoms with Gasteiger partial charge >= 0.3 is 0 Å². The Morgan fingerprint density at radius 1 is 1.44 bits per heavy atom. The second-order valence-electron chi connectivity index (χ2n) is 3.96. The molecular weight excluding hydrogens is 252 g/mol. The third-order valence-corrected chi connectivity index (χ3v) is 2.84. The number of carbonyl (C=O) groups is 1. The average Bonchev–Trinajstić information content (AvgIpc) is 2.74. The molecule has 0 aliphatic heterocycles. The van der Waals surface area contributed by atoms with Crippen molar-refractivity contribution in [2.75, 3.05) is 5.32 Å². The van der Waals surface area contributed by atoms with E-state index in [0.29, 0.717) is 29.4 Å². The lowest BCUT2D eigenvalue weighted by molar-refractivity contribution is -0.116. The Labute approximate surface area is 110 Å². The average molecular weight is 265 g/mol. The Morgan fingerprint density at radius 3 is 2.89 bits per heavy atom. The topological polar surface area (TPSA) is 55.1 Å². The fourth-order valence-electron chi connectivity index (χ4n) is 1.58. The second-order valence-corrected chi connectivity index (χ2v) is 4.37. The molecule has 0 saturated heterocycles. The molecule has 1 heterocycles. The largest absolute Gasteiger partial charge is 0.360 e. The first-order valence-electron chi connectivity index (χ1n) is 5.62. The molecule has 0 unspecified atom stereocenters. The molecule has 1 aromatic carbocycles. The van der Waals surface area contributed by atoms with Crippen LogP contribution >= 0.6 is 11.6 Å². The lowest BCUT2D eigenvalue weighted by Gasteiger charge is -2.03. The smallest absolute Gasteiger partial charge is 0.225 e. The number of nitrogens with zero attached hydrogens (tertiary/aromatic N) is 1. The molecule has 4 nitrogen and oxygen atoms in total. The highest BCUT2D eigenvalue weighted by atomic mass is 35.5. The summed E-state index contributed by atoms with van der Waals surface area (Å²) in [5.74, 6) is 0.997. The van der Waals surface area contributed by atoms with Gasteiger partial charge < -0.3 is 9.84 Å². The number of aryl methyl sites for hydroxylation is 2. The van der Waals surface area contributed by atoms with Crippen molar-refractivity contribution >= 4 is 23.3 Å². The van der Waals surface area contributed by atoms with Crippen LogP contribution < -0.4 is 5.32 Å². The highest BCUT2D eigenvalue weighted by Gasteiger charge is 2.07. The zero-order chi connectivity index (χ0) is 13.0. The standard InChI is InChI=1S/C13H13ClN2O2/c1-9-8-12(16-18-9)15-13(17)7-6-10-4-2-3-5-11(10)14/h2-5,8H,6-7H2,1H3,(H,15,16,17). The number of hydrogen-bond acceptors (Lipinski definition) is 3. The quantitative estimate of drug-likeness (QED) is 0.923. The first-order chi connectivity index (χ1) is 8.65. The van der Waals surface area contributed by atoms with Crippen molar-refractivity contribution in [3.63, 3.8) is 0 Å². The molecule has 18 heavy (non-hydrogen) atoms. The van der Waals surface area contributed by atoms with Crippen molar-refractivity contribution < 1.29 is 9.32 Å². The molecule has 0 fully saturated rings. The third-order valence-electron chi connectivity index (χ3n) is 2.47. The minimum Gasteiger partial charge on any atom is -0.360 e. The lowest BCUT2D eigenvalue weighted by atomic mass is 10.1. The van der Waals surface area contributed by atoms with Crippen molar-refractivity contribution in [2.45, 2.75) is 19.8 Å². The van der Waals surface area contributed by atoms with Crippen LogP contribution in [0.2, 0.25) is 5.02 Å². The van der Waals surface area contributed by atoms with Gasteiger partial charge in [-0.05, 0) is 25.0 Å². The number of aromatic nitrogens is 1. The van der Waals surface area contributed by atoms with Crippen LogP contribution in [0.1, 0.15) is 17.7 Å². The second kappa shape index (κ2) is 5.69. The maximum atomic E-state index is 11.7. The van der Waals surface area contributed by atoms with E-state index in [9.17, 15) is 4.79 Å². The molecule has 94 valence electrons. The summed E-state index contributed by atoms with van der Waals surface area (Å²) < 4.78 is 4.86. The van der Waals surface area contributed by atoms with Gasteiger partial charge in [-0.1, -0.05) is 35.0 Å². The van der Waals surface area contributed by atoms with E-state index in [4.69, 9.17) is 16.1 Å². The fourth-order valence-corrected chi connectivity index (χ4v) is 1.81. The molecule has 2 aromatic rings. The highest BCUT2D eigenvalue weighted by Crippen LogP contribution is 2.17. The summed E-state index contributed by atoms with van der Waals surface area (Å²) >= 11 is 6.01. The lowest BCUT2D eigenvalue weighted by Crippen LogP contribution is -2.12. The molecule has 1 N–H and O–H groups in total. The Kier molecular flexibility index (Phi) is 3.99. The molecule has 1 aromatic heterocycles. The minimum absolute atomic E-state index is 0.108. The molecule has 0 atom stereocenters. The number of halogens is 1. The number of benzene rings is 1. The molecule has 1 amide bonds. The summed E-state index contributed by atoms with van der Waals surface area (Å²) in [6.45, 7) is 1.77. The van der Waals surface area contributed by atoms with Crippen LogP contribution in [0.5, 0.6) is 0 Å². The first kappa shape index (κ1) is 12.6. The van der Waals surface area contributed by atoms with Crippen LogP contribution in [-0.4, -0.2) is 11.1 Å². The van der Waals surface area contributed by atoms with E-state index in [1.165, 1.54) is 0 Å². The van der Waals surface area contributed by atoms with Crippen LogP contribution in [0.25, 0.3) is 0 Å². The number of carbonyl (C=O) groups excluding carboxylic acids is 1. The van der Waals surface area contributed by atoms with Gasteiger partial charge in [0.25, 0.3) is 0 Å². The Morgan fingerprint density at radius 2 is 2.22 bits per heavy atom. The summed E-state index contributed by atoms with van der Waals surface area (Å²) in [6, 6.07) is 9.17. The van der Waals surface area contributed by atoms with Crippen LogP contribution in [0.4, 0.5) is 5.82 Å². The summed E-state index contributed by atoms with van der Waals surface area (Å²) in [4.78, 5) is 11.7. The van der Waals surface area contributed by atoms with Crippen LogP contribution in [0, 0.1) is 6.92 Å². The molecule has 0 bridgehead atoms. The summed E-state index contributed by atoms with van der Waals surface area (Å²) in [7, 11) is 0. The van der Waals surface area contributed by atoms with E-state index in [-0.39, 0.29) is 5.91 Å². The number of amides is 1. The highest BCUT2D eigenvalue weighted by molar-refractivity contribution is 6.31. The van der Waals surface area contributed by atoms with E-state index >= 15 is 0 Å². The number of rotatable bonds is 4. The van der Waals surface area contributed by atoms with E-state index in [0.717, 1.165) is 5.56 Å². The maximum absolute atomic E-state index is 11.7. The van der Waals surface area contributed by atoms with Crippen molar-refractivity contribution in [1.29, 1.82) is 0 Å². The fraction of sp³-hybridized carbons (Fsp3) is 0.231. The summed E-state index contributed by atoms with van der Waals surface area (Å²) in [6.07, 6.45) is 0.956. The van der Waals surface area contributed by atoms with Gasteiger partial charge in [-0.25, -0.2) is 0 Å². The molecule has 2 rings (SSSR count). The van der Waals surface area contributed by atoms with E-state index in [2.05, 4.69) is 10.5 Å². The van der Waals surface area contributed by atoms with Crippen LogP contribution in [0.15, 0.2) is 34.9 Å². The van der Waals surface area contributed by atoms with Crippen LogP contribution in [0.3, 0.4) is 0 Å². The van der Waals surface area contributed by atoms with E-state index < -0.39 is 0 Å². The molecule has 0 aliphatic carbocycles. The van der Waals surface area contributed by atoms with Gasteiger partial charge in [-0.15, -0.1) is 0 Å².